The zero-order valence-electron chi connectivity index (χ0n) is 36.2. The van der Waals surface area contributed by atoms with Gasteiger partial charge in [0.05, 0.1) is 0 Å². The summed E-state index contributed by atoms with van der Waals surface area (Å²) in [6, 6.07) is 44.0. The predicted molar refractivity (Wildman–Crippen MR) is 243 cm³/mol. The summed E-state index contributed by atoms with van der Waals surface area (Å²) >= 11 is 0. The van der Waals surface area contributed by atoms with Crippen molar-refractivity contribution in [2.24, 2.45) is 0 Å². The molecule has 0 aliphatic carbocycles. The Morgan fingerprint density at radius 2 is 1.34 bits per heavy atom. The minimum absolute atomic E-state index is 0. The Morgan fingerprint density at radius 3 is 2.03 bits per heavy atom. The quantitative estimate of drug-likeness (QED) is 0.135. The van der Waals surface area contributed by atoms with Crippen molar-refractivity contribution in [1.82, 2.24) is 9.55 Å². The van der Waals surface area contributed by atoms with Crippen molar-refractivity contribution in [3.8, 4) is 28.4 Å². The summed E-state index contributed by atoms with van der Waals surface area (Å²) in [6.45, 7) is 27.0. The zero-order chi connectivity index (χ0) is 41.0. The number of hydrogen-bond acceptors (Lipinski definition) is 4. The van der Waals surface area contributed by atoms with Crippen LogP contribution in [-0.2, 0) is 26.5 Å². The molecule has 8 rings (SSSR count). The monoisotopic (exact) mass is 958 g/mol. The van der Waals surface area contributed by atoms with Gasteiger partial charge in [0.1, 0.15) is 5.82 Å². The third-order valence-electron chi connectivity index (χ3n) is 11.7. The molecule has 5 nitrogen and oxygen atoms in total. The largest absolute Gasteiger partial charge is 0.509 e. The summed E-state index contributed by atoms with van der Waals surface area (Å²) in [6.07, 6.45) is 1.90. The van der Waals surface area contributed by atoms with Crippen molar-refractivity contribution in [1.29, 1.82) is 0 Å². The maximum absolute atomic E-state index is 6.56. The van der Waals surface area contributed by atoms with Crippen LogP contribution in [0.2, 0.25) is 0 Å². The molecule has 0 saturated carbocycles. The van der Waals surface area contributed by atoms with Gasteiger partial charge in [0.25, 0.3) is 0 Å². The second-order valence-corrected chi connectivity index (χ2v) is 17.7. The van der Waals surface area contributed by atoms with Gasteiger partial charge in [0.15, 0.2) is 0 Å². The minimum Gasteiger partial charge on any atom is -0.509 e. The zero-order valence-corrected chi connectivity index (χ0v) is 38.5. The van der Waals surface area contributed by atoms with Crippen LogP contribution in [0.5, 0.6) is 11.5 Å². The Labute approximate surface area is 366 Å². The SMILES string of the molecule is CC1=C(C)N(c2cccc(-c3c(C(C)C)cc(C(C)C)cc3C(C)C)c2)[CH-]N1c1[c-]c(Oc2[c-]c3c(cc2)c2ccccc2n3-c2cc(C(C)(C)C)ccn2)ccc1.[Pt]. The molecule has 1 aliphatic heterocycles. The van der Waals surface area contributed by atoms with Crippen LogP contribution in [0.15, 0.2) is 121 Å². The van der Waals surface area contributed by atoms with Crippen molar-refractivity contribution in [3.05, 3.63) is 162 Å². The van der Waals surface area contributed by atoms with Crippen molar-refractivity contribution < 1.29 is 25.8 Å². The smallest absolute Gasteiger partial charge is 0.135 e. The number of anilines is 2. The summed E-state index contributed by atoms with van der Waals surface area (Å²) in [5.74, 6) is 3.39. The maximum Gasteiger partial charge on any atom is 0.135 e. The van der Waals surface area contributed by atoms with Gasteiger partial charge in [-0.2, -0.15) is 12.1 Å². The molecule has 0 N–H and O–H groups in total. The van der Waals surface area contributed by atoms with Crippen LogP contribution in [0.1, 0.15) is 116 Å². The van der Waals surface area contributed by atoms with Gasteiger partial charge >= 0.3 is 0 Å². The van der Waals surface area contributed by atoms with Crippen molar-refractivity contribution in [2.45, 2.75) is 99.3 Å². The number of pyridine rings is 1. The molecule has 0 fully saturated rings. The molecule has 0 bridgehead atoms. The summed E-state index contributed by atoms with van der Waals surface area (Å²) in [5, 5.41) is 2.25. The summed E-state index contributed by atoms with van der Waals surface area (Å²) < 4.78 is 8.75. The molecule has 1 aliphatic rings. The number of nitrogens with zero attached hydrogens (tertiary/aromatic N) is 4. The van der Waals surface area contributed by atoms with E-state index in [0.29, 0.717) is 29.3 Å². The number of fused-ring (bicyclic) bond motifs is 3. The molecular weight excluding hydrogens is 904 g/mol. The topological polar surface area (TPSA) is 33.5 Å². The number of aromatic nitrogens is 2. The molecule has 0 amide bonds. The molecular formula is C53H55N4OPt-3. The molecule has 3 heterocycles. The third kappa shape index (κ3) is 7.99. The molecule has 306 valence electrons. The molecule has 5 aromatic carbocycles. The molecule has 0 saturated heterocycles. The first kappa shape index (κ1) is 42.0. The molecule has 0 unspecified atom stereocenters. The van der Waals surface area contributed by atoms with E-state index < -0.39 is 0 Å². The second kappa shape index (κ2) is 16.5. The molecule has 0 atom stereocenters. The molecule has 0 spiro atoms. The fourth-order valence-corrected chi connectivity index (χ4v) is 8.17. The van der Waals surface area contributed by atoms with Crippen LogP contribution in [0.3, 0.4) is 0 Å². The Hall–Kier alpha value is -5.12. The van der Waals surface area contributed by atoms with Crippen molar-refractivity contribution >= 4 is 33.2 Å². The van der Waals surface area contributed by atoms with Gasteiger partial charge in [0, 0.05) is 61.4 Å². The number of hydrogen-bond donors (Lipinski definition) is 0. The number of benzene rings is 5. The normalized spacial score (nSPS) is 13.5. The molecule has 6 heteroatoms. The number of allylic oxidation sites excluding steroid dienone is 2. The van der Waals surface area contributed by atoms with Gasteiger partial charge in [-0.3, -0.25) is 0 Å². The first-order valence-electron chi connectivity index (χ1n) is 20.7. The fraction of sp³-hybridized carbons (Fsp3) is 0.283. The molecule has 0 radical (unpaired) electrons. The number of ether oxygens (including phenoxy) is 1. The van der Waals surface area contributed by atoms with E-state index in [-0.39, 0.29) is 26.5 Å². The summed E-state index contributed by atoms with van der Waals surface area (Å²) in [5.41, 5.74) is 14.4. The number of rotatable bonds is 9. The Bertz CT molecular complexity index is 2670. The van der Waals surface area contributed by atoms with Crippen molar-refractivity contribution in [2.75, 3.05) is 9.80 Å². The fourth-order valence-electron chi connectivity index (χ4n) is 8.17. The Morgan fingerprint density at radius 1 is 0.661 bits per heavy atom. The summed E-state index contributed by atoms with van der Waals surface area (Å²) in [4.78, 5) is 9.32. The summed E-state index contributed by atoms with van der Waals surface area (Å²) in [7, 11) is 0. The second-order valence-electron chi connectivity index (χ2n) is 17.7. The van der Waals surface area contributed by atoms with Crippen LogP contribution < -0.4 is 14.5 Å². The Balaban J connectivity index is 0.00000528. The first-order valence-corrected chi connectivity index (χ1v) is 20.7. The average Bonchev–Trinajstić information content (AvgIpc) is 3.69. The van der Waals surface area contributed by atoms with Gasteiger partial charge in [0.2, 0.25) is 0 Å². The van der Waals surface area contributed by atoms with E-state index in [4.69, 9.17) is 9.72 Å². The van der Waals surface area contributed by atoms with Gasteiger partial charge in [-0.05, 0) is 106 Å². The third-order valence-corrected chi connectivity index (χ3v) is 11.7. The van der Waals surface area contributed by atoms with Crippen LogP contribution in [0, 0.1) is 18.8 Å². The maximum atomic E-state index is 6.56. The minimum atomic E-state index is -0.00959. The Kier molecular flexibility index (Phi) is 11.7. The van der Waals surface area contributed by atoms with Crippen LogP contribution in [-0.4, -0.2) is 9.55 Å². The standard InChI is InChI=1S/C53H55N4O.Pt/c1-33(2)39-27-47(34(3)4)52(48(28-39)35(5)6)38-16-14-17-41(26-38)55-32-56(37(8)36(55)7)42-18-15-19-43(30-42)58-44-22-23-46-45-20-12-13-21-49(45)57(50(46)31-44)51-29-40(24-25-54-51)53(9,10)11;/h12-29,32-35H,1-11H3;/q-3;. The van der Waals surface area contributed by atoms with Gasteiger partial charge in [-0.25, -0.2) is 4.98 Å². The molecule has 2 aromatic heterocycles. The van der Waals surface area contributed by atoms with Crippen molar-refractivity contribution in [3.63, 3.8) is 0 Å². The van der Waals surface area contributed by atoms with E-state index in [2.05, 4.69) is 194 Å². The van der Waals surface area contributed by atoms with Crippen LogP contribution >= 0.6 is 0 Å². The van der Waals surface area contributed by atoms with E-state index in [0.717, 1.165) is 50.4 Å². The van der Waals surface area contributed by atoms with E-state index in [1.807, 2.05) is 24.4 Å². The first-order chi connectivity index (χ1) is 27.7. The van der Waals surface area contributed by atoms with E-state index in [1.165, 1.54) is 33.4 Å². The van der Waals surface area contributed by atoms with Crippen LogP contribution in [0.4, 0.5) is 11.4 Å². The number of para-hydroxylation sites is 1. The van der Waals surface area contributed by atoms with Gasteiger partial charge in [-0.1, -0.05) is 110 Å². The van der Waals surface area contributed by atoms with Crippen LogP contribution in [0.25, 0.3) is 38.8 Å². The van der Waals surface area contributed by atoms with E-state index in [9.17, 15) is 0 Å². The molecule has 59 heavy (non-hydrogen) atoms. The van der Waals surface area contributed by atoms with Gasteiger partial charge in [-0.15, -0.1) is 48.1 Å². The average molecular weight is 959 g/mol. The molecule has 7 aromatic rings. The van der Waals surface area contributed by atoms with E-state index >= 15 is 0 Å². The van der Waals surface area contributed by atoms with E-state index in [1.54, 1.807) is 0 Å². The van der Waals surface area contributed by atoms with Gasteiger partial charge < -0.3 is 19.1 Å². The predicted octanol–water partition coefficient (Wildman–Crippen LogP) is 14.6.